The number of sulfonamides is 1. The summed E-state index contributed by atoms with van der Waals surface area (Å²) in [7, 11) is -3.35. The zero-order chi connectivity index (χ0) is 12.8. The van der Waals surface area contributed by atoms with Crippen molar-refractivity contribution in [1.29, 1.82) is 0 Å². The van der Waals surface area contributed by atoms with Crippen LogP contribution in [0, 0.1) is 17.8 Å². The Morgan fingerprint density at radius 1 is 1.11 bits per heavy atom. The monoisotopic (exact) mass is 272 g/mol. The van der Waals surface area contributed by atoms with Crippen LogP contribution in [0.15, 0.2) is 0 Å². The van der Waals surface area contributed by atoms with Crippen LogP contribution in [-0.4, -0.2) is 26.3 Å². The molecule has 0 aromatic heterocycles. The predicted octanol–water partition coefficient (Wildman–Crippen LogP) is 1.22. The molecule has 1 aliphatic heterocycles. The Bertz CT molecular complexity index is 401. The number of nitrogens with two attached hydrogens (primary N) is 1. The lowest BCUT2D eigenvalue weighted by molar-refractivity contribution is 0.257. The summed E-state index contributed by atoms with van der Waals surface area (Å²) in [6.45, 7) is 0.546. The molecule has 5 unspecified atom stereocenters. The van der Waals surface area contributed by atoms with Gasteiger partial charge in [-0.1, -0.05) is 6.42 Å². The Hall–Kier alpha value is -0.130. The zero-order valence-electron chi connectivity index (χ0n) is 10.8. The van der Waals surface area contributed by atoms with Gasteiger partial charge in [0.25, 0.3) is 0 Å². The first kappa shape index (κ1) is 12.9. The minimum Gasteiger partial charge on any atom is -0.313 e. The van der Waals surface area contributed by atoms with Gasteiger partial charge >= 0.3 is 0 Å². The predicted molar refractivity (Wildman–Crippen MR) is 71.5 cm³/mol. The molecule has 2 aliphatic carbocycles. The third-order valence-electron chi connectivity index (χ3n) is 5.41. The molecule has 3 fully saturated rings. The van der Waals surface area contributed by atoms with Crippen LogP contribution in [0.1, 0.15) is 44.9 Å². The van der Waals surface area contributed by atoms with Gasteiger partial charge in [0.15, 0.2) is 0 Å². The molecular weight excluding hydrogens is 248 g/mol. The van der Waals surface area contributed by atoms with Crippen molar-refractivity contribution >= 4 is 10.0 Å². The summed E-state index contributed by atoms with van der Waals surface area (Å²) >= 11 is 0. The van der Waals surface area contributed by atoms with Gasteiger partial charge in [-0.05, 0) is 56.3 Å². The highest BCUT2D eigenvalue weighted by Crippen LogP contribution is 2.50. The van der Waals surface area contributed by atoms with Crippen molar-refractivity contribution in [1.82, 2.24) is 5.32 Å². The number of nitrogens with one attached hydrogen (secondary N) is 1. The van der Waals surface area contributed by atoms with Gasteiger partial charge in [0, 0.05) is 12.6 Å². The van der Waals surface area contributed by atoms with Crippen LogP contribution in [0.2, 0.25) is 0 Å². The first-order valence-corrected chi connectivity index (χ1v) is 8.88. The lowest BCUT2D eigenvalue weighted by Crippen LogP contribution is -2.47. The van der Waals surface area contributed by atoms with Crippen LogP contribution < -0.4 is 10.5 Å². The van der Waals surface area contributed by atoms with Crippen LogP contribution in [0.25, 0.3) is 0 Å². The normalized spacial score (nSPS) is 44.4. The summed E-state index contributed by atoms with van der Waals surface area (Å²) in [5, 5.41) is 8.24. The number of hydrogen-bond acceptors (Lipinski definition) is 3. The molecule has 4 nitrogen and oxygen atoms in total. The molecule has 1 heterocycles. The van der Waals surface area contributed by atoms with E-state index in [1.54, 1.807) is 0 Å². The number of rotatable bonds is 3. The average molecular weight is 272 g/mol. The molecule has 0 aromatic carbocycles. The van der Waals surface area contributed by atoms with E-state index < -0.39 is 10.0 Å². The largest absolute Gasteiger partial charge is 0.313 e. The second-order valence-corrected chi connectivity index (χ2v) is 8.41. The van der Waals surface area contributed by atoms with E-state index in [2.05, 4.69) is 5.32 Å². The Labute approximate surface area is 110 Å². The summed E-state index contributed by atoms with van der Waals surface area (Å²) in [4.78, 5) is 0. The van der Waals surface area contributed by atoms with E-state index in [1.807, 2.05) is 0 Å². The van der Waals surface area contributed by atoms with E-state index in [4.69, 9.17) is 5.14 Å². The molecule has 3 aliphatic rings. The minimum atomic E-state index is -3.35. The van der Waals surface area contributed by atoms with E-state index in [0.29, 0.717) is 12.6 Å². The maximum absolute atomic E-state index is 11.3. The molecule has 0 radical (unpaired) electrons. The van der Waals surface area contributed by atoms with Crippen LogP contribution in [0.4, 0.5) is 0 Å². The van der Waals surface area contributed by atoms with E-state index in [-0.39, 0.29) is 5.25 Å². The van der Waals surface area contributed by atoms with Crippen LogP contribution >= 0.6 is 0 Å². The molecule has 18 heavy (non-hydrogen) atoms. The van der Waals surface area contributed by atoms with Gasteiger partial charge in [0.05, 0.1) is 5.25 Å². The average Bonchev–Trinajstić information content (AvgIpc) is 2.90. The van der Waals surface area contributed by atoms with Crippen molar-refractivity contribution in [2.75, 3.05) is 6.54 Å². The maximum Gasteiger partial charge on any atom is 0.213 e. The lowest BCUT2D eigenvalue weighted by atomic mass is 9.82. The van der Waals surface area contributed by atoms with Crippen LogP contribution in [0.5, 0.6) is 0 Å². The standard InChI is InChI=1S/C13H24N2O2S/c14-18(16,17)13-4-3-12(15-8-13)7-11-6-9-1-2-10(11)5-9/h9-13,15H,1-8H2,(H2,14,16,17). The second-order valence-electron chi connectivity index (χ2n) is 6.56. The number of fused-ring (bicyclic) bond motifs is 2. The fourth-order valence-corrected chi connectivity index (χ4v) is 5.19. The highest BCUT2D eigenvalue weighted by molar-refractivity contribution is 7.89. The van der Waals surface area contributed by atoms with Gasteiger partial charge in [-0.15, -0.1) is 0 Å². The molecule has 0 amide bonds. The molecule has 3 N–H and O–H groups in total. The molecule has 0 spiro atoms. The van der Waals surface area contributed by atoms with Crippen molar-refractivity contribution in [2.24, 2.45) is 22.9 Å². The molecule has 1 saturated heterocycles. The molecular formula is C13H24N2O2S. The lowest BCUT2D eigenvalue weighted by Gasteiger charge is -2.32. The maximum atomic E-state index is 11.3. The SMILES string of the molecule is NS(=O)(=O)C1CCC(CC2CC3CCC2C3)NC1. The van der Waals surface area contributed by atoms with Crippen molar-refractivity contribution in [3.05, 3.63) is 0 Å². The molecule has 5 heteroatoms. The summed E-state index contributed by atoms with van der Waals surface area (Å²) in [6, 6.07) is 0.521. The third-order valence-corrected chi connectivity index (χ3v) is 6.74. The number of primary sulfonamides is 1. The zero-order valence-corrected chi connectivity index (χ0v) is 11.7. The van der Waals surface area contributed by atoms with E-state index >= 15 is 0 Å². The first-order valence-electron chi connectivity index (χ1n) is 7.27. The molecule has 2 saturated carbocycles. The Balaban J connectivity index is 1.49. The van der Waals surface area contributed by atoms with E-state index in [0.717, 1.165) is 30.6 Å². The van der Waals surface area contributed by atoms with Crippen LogP contribution in [-0.2, 0) is 10.0 Å². The molecule has 3 rings (SSSR count). The fourth-order valence-electron chi connectivity index (χ4n) is 4.40. The molecule has 2 bridgehead atoms. The molecule has 0 aromatic rings. The Morgan fingerprint density at radius 2 is 1.94 bits per heavy atom. The fraction of sp³-hybridized carbons (Fsp3) is 1.00. The van der Waals surface area contributed by atoms with Gasteiger partial charge in [-0.3, -0.25) is 0 Å². The van der Waals surface area contributed by atoms with Crippen molar-refractivity contribution in [2.45, 2.75) is 56.2 Å². The Morgan fingerprint density at radius 3 is 2.44 bits per heavy atom. The van der Waals surface area contributed by atoms with Crippen molar-refractivity contribution < 1.29 is 8.42 Å². The van der Waals surface area contributed by atoms with Crippen molar-refractivity contribution in [3.63, 3.8) is 0 Å². The van der Waals surface area contributed by atoms with Crippen molar-refractivity contribution in [3.8, 4) is 0 Å². The molecule has 104 valence electrons. The smallest absolute Gasteiger partial charge is 0.213 e. The van der Waals surface area contributed by atoms with Gasteiger partial charge in [-0.25, -0.2) is 13.6 Å². The minimum absolute atomic E-state index is 0.367. The number of hydrogen-bond donors (Lipinski definition) is 2. The molecule has 5 atom stereocenters. The summed E-state index contributed by atoms with van der Waals surface area (Å²) in [6.07, 6.45) is 8.71. The van der Waals surface area contributed by atoms with E-state index in [1.165, 1.54) is 32.1 Å². The topological polar surface area (TPSA) is 72.2 Å². The summed E-state index contributed by atoms with van der Waals surface area (Å²) in [5.74, 6) is 2.86. The highest BCUT2D eigenvalue weighted by atomic mass is 32.2. The quantitative estimate of drug-likeness (QED) is 0.811. The third kappa shape index (κ3) is 2.58. The first-order chi connectivity index (χ1) is 8.52. The van der Waals surface area contributed by atoms with Gasteiger partial charge in [-0.2, -0.15) is 0 Å². The van der Waals surface area contributed by atoms with Gasteiger partial charge < -0.3 is 5.32 Å². The Kier molecular flexibility index (Phi) is 3.41. The summed E-state index contributed by atoms with van der Waals surface area (Å²) in [5.41, 5.74) is 0. The van der Waals surface area contributed by atoms with Crippen LogP contribution in [0.3, 0.4) is 0 Å². The highest BCUT2D eigenvalue weighted by Gasteiger charge is 2.40. The second kappa shape index (κ2) is 4.76. The summed E-state index contributed by atoms with van der Waals surface area (Å²) < 4.78 is 22.6. The van der Waals surface area contributed by atoms with E-state index in [9.17, 15) is 8.42 Å². The number of piperidine rings is 1. The van der Waals surface area contributed by atoms with Gasteiger partial charge in [0.1, 0.15) is 0 Å². The van der Waals surface area contributed by atoms with Gasteiger partial charge in [0.2, 0.25) is 10.0 Å².